The van der Waals surface area contributed by atoms with Crippen molar-refractivity contribution in [2.24, 2.45) is 11.3 Å². The number of halogens is 1. The van der Waals surface area contributed by atoms with Crippen LogP contribution in [0.15, 0.2) is 42.5 Å². The van der Waals surface area contributed by atoms with Crippen LogP contribution in [0.25, 0.3) is 0 Å². The predicted molar refractivity (Wildman–Crippen MR) is 157 cm³/mol. The van der Waals surface area contributed by atoms with Crippen molar-refractivity contribution in [2.75, 3.05) is 57.8 Å². The van der Waals surface area contributed by atoms with Crippen LogP contribution in [0.4, 0.5) is 10.1 Å². The Bertz CT molecular complexity index is 1330. The van der Waals surface area contributed by atoms with E-state index in [0.717, 1.165) is 71.5 Å². The molecule has 0 saturated carbocycles. The molecule has 2 aromatic carbocycles. The van der Waals surface area contributed by atoms with Crippen LogP contribution in [-0.4, -0.2) is 80.6 Å². The van der Waals surface area contributed by atoms with Gasteiger partial charge in [0.2, 0.25) is 11.8 Å². The number of benzene rings is 2. The second-order valence-electron chi connectivity index (χ2n) is 12.5. The third kappa shape index (κ3) is 6.15. The van der Waals surface area contributed by atoms with Crippen LogP contribution >= 0.6 is 0 Å². The number of nitrogens with one attached hydrogen (secondary N) is 2. The van der Waals surface area contributed by atoms with Gasteiger partial charge in [0.15, 0.2) is 0 Å². The van der Waals surface area contributed by atoms with E-state index >= 15 is 4.39 Å². The Morgan fingerprint density at radius 2 is 1.81 bits per heavy atom. The quantitative estimate of drug-likeness (QED) is 0.488. The molecule has 42 heavy (non-hydrogen) atoms. The molecule has 1 spiro atoms. The van der Waals surface area contributed by atoms with Gasteiger partial charge in [-0.2, -0.15) is 0 Å². The third-order valence-electron chi connectivity index (χ3n) is 9.65. The first-order valence-electron chi connectivity index (χ1n) is 15.1. The molecule has 9 nitrogen and oxygen atoms in total. The molecule has 1 atom stereocenters. The van der Waals surface area contributed by atoms with E-state index in [1.54, 1.807) is 25.3 Å². The molecule has 2 N–H and O–H groups in total. The number of hydrogen-bond donors (Lipinski definition) is 2. The highest BCUT2D eigenvalue weighted by Gasteiger charge is 2.45. The molecule has 3 amide bonds. The summed E-state index contributed by atoms with van der Waals surface area (Å²) in [5, 5.41) is 4.39. The number of carbonyl (C=O) groups is 3. The van der Waals surface area contributed by atoms with Crippen molar-refractivity contribution in [2.45, 2.75) is 44.4 Å². The van der Waals surface area contributed by atoms with Gasteiger partial charge >= 0.3 is 0 Å². The summed E-state index contributed by atoms with van der Waals surface area (Å²) in [5.41, 5.74) is 5.16. The zero-order chi connectivity index (χ0) is 29.3. The molecule has 0 radical (unpaired) electrons. The molecular weight excluding hydrogens is 537 g/mol. The lowest BCUT2D eigenvalue weighted by atomic mass is 9.72. The number of nitrogens with zero attached hydrogens (tertiary/aromatic N) is 3. The number of carbonyl (C=O) groups excluding carboxylic acids is 3. The minimum Gasteiger partial charge on any atom is -0.497 e. The van der Waals surface area contributed by atoms with Gasteiger partial charge < -0.3 is 14.5 Å². The minimum atomic E-state index is -0.471. The Balaban J connectivity index is 0.924. The van der Waals surface area contributed by atoms with Crippen molar-refractivity contribution in [3.63, 3.8) is 0 Å². The molecule has 10 heteroatoms. The van der Waals surface area contributed by atoms with E-state index in [1.807, 2.05) is 23.2 Å². The first-order chi connectivity index (χ1) is 20.3. The number of anilines is 1. The lowest BCUT2D eigenvalue weighted by Crippen LogP contribution is -2.65. The molecule has 4 saturated heterocycles. The van der Waals surface area contributed by atoms with E-state index in [2.05, 4.69) is 20.5 Å². The fourth-order valence-corrected chi connectivity index (χ4v) is 7.07. The summed E-state index contributed by atoms with van der Waals surface area (Å²) in [6.45, 7) is 6.66. The van der Waals surface area contributed by atoms with Gasteiger partial charge in [-0.25, -0.2) is 9.40 Å². The van der Waals surface area contributed by atoms with E-state index < -0.39 is 5.92 Å². The Labute approximate surface area is 246 Å². The van der Waals surface area contributed by atoms with Crippen molar-refractivity contribution in [1.29, 1.82) is 0 Å². The SMILES string of the molecule is COc1cccc(C(=O)NN2CC3(CCN(CC4CCN(c5ccc(C6CCC(=O)NC6=O)cc5F)CC4)CC3)C2)c1. The molecule has 4 aliphatic rings. The predicted octanol–water partition coefficient (Wildman–Crippen LogP) is 3.31. The molecule has 4 aliphatic heterocycles. The van der Waals surface area contributed by atoms with Gasteiger partial charge in [0.1, 0.15) is 11.6 Å². The summed E-state index contributed by atoms with van der Waals surface area (Å²) in [7, 11) is 1.60. The Hall–Kier alpha value is -3.50. The Kier molecular flexibility index (Phi) is 8.18. The number of methoxy groups -OCH3 is 1. The smallest absolute Gasteiger partial charge is 0.265 e. The normalized spacial score (nSPS) is 23.4. The lowest BCUT2D eigenvalue weighted by molar-refractivity contribution is -0.134. The number of hydrazine groups is 1. The van der Waals surface area contributed by atoms with Gasteiger partial charge in [0.05, 0.1) is 18.7 Å². The molecule has 0 aromatic heterocycles. The lowest BCUT2D eigenvalue weighted by Gasteiger charge is -2.54. The van der Waals surface area contributed by atoms with Gasteiger partial charge in [-0.3, -0.25) is 25.1 Å². The molecule has 2 aromatic rings. The Morgan fingerprint density at radius 1 is 1.05 bits per heavy atom. The number of imide groups is 1. The first kappa shape index (κ1) is 28.6. The van der Waals surface area contributed by atoms with Crippen molar-refractivity contribution >= 4 is 23.4 Å². The topological polar surface area (TPSA) is 94.2 Å². The summed E-state index contributed by atoms with van der Waals surface area (Å²) in [5.74, 6) is -0.199. The van der Waals surface area contributed by atoms with E-state index in [9.17, 15) is 14.4 Å². The number of piperidine rings is 3. The zero-order valence-electron chi connectivity index (χ0n) is 24.2. The van der Waals surface area contributed by atoms with Crippen LogP contribution in [0.3, 0.4) is 0 Å². The molecule has 6 rings (SSSR count). The molecule has 224 valence electrons. The van der Waals surface area contributed by atoms with Gasteiger partial charge in [0.25, 0.3) is 5.91 Å². The largest absolute Gasteiger partial charge is 0.497 e. The van der Waals surface area contributed by atoms with Crippen LogP contribution in [0.2, 0.25) is 0 Å². The summed E-state index contributed by atoms with van der Waals surface area (Å²) >= 11 is 0. The number of ether oxygens (including phenoxy) is 1. The van der Waals surface area contributed by atoms with Crippen molar-refractivity contribution < 1.29 is 23.5 Å². The highest BCUT2D eigenvalue weighted by molar-refractivity contribution is 6.01. The number of likely N-dealkylation sites (tertiary alicyclic amines) is 1. The second kappa shape index (κ2) is 12.0. The average molecular weight is 578 g/mol. The van der Waals surface area contributed by atoms with Crippen LogP contribution in [-0.2, 0) is 9.59 Å². The monoisotopic (exact) mass is 577 g/mol. The van der Waals surface area contributed by atoms with E-state index in [1.165, 1.54) is 6.07 Å². The van der Waals surface area contributed by atoms with Gasteiger partial charge in [0, 0.05) is 50.1 Å². The third-order valence-corrected chi connectivity index (χ3v) is 9.65. The fraction of sp³-hybridized carbons (Fsp3) is 0.531. The van der Waals surface area contributed by atoms with Gasteiger partial charge in [-0.15, -0.1) is 0 Å². The molecule has 4 heterocycles. The van der Waals surface area contributed by atoms with Gasteiger partial charge in [-0.05, 0) is 87.0 Å². The van der Waals surface area contributed by atoms with E-state index in [4.69, 9.17) is 4.74 Å². The van der Waals surface area contributed by atoms with Crippen LogP contribution in [0.5, 0.6) is 5.75 Å². The number of rotatable bonds is 7. The zero-order valence-corrected chi connectivity index (χ0v) is 24.2. The van der Waals surface area contributed by atoms with Crippen molar-refractivity contribution in [3.8, 4) is 5.75 Å². The molecule has 0 aliphatic carbocycles. The molecule has 4 fully saturated rings. The molecule has 1 unspecified atom stereocenters. The van der Waals surface area contributed by atoms with Crippen LogP contribution in [0.1, 0.15) is 60.4 Å². The van der Waals surface area contributed by atoms with Crippen LogP contribution < -0.4 is 20.4 Å². The summed E-state index contributed by atoms with van der Waals surface area (Å²) in [6.07, 6.45) is 5.04. The molecular formula is C32H40FN5O4. The number of hydrogen-bond acceptors (Lipinski definition) is 7. The maximum absolute atomic E-state index is 15.1. The number of amides is 3. The standard InChI is InChI=1S/C32H40FN5O4/c1-42-25-4-2-3-24(17-25)30(40)35-38-20-32(21-38)11-15-36(16-12-32)19-22-9-13-37(14-10-22)28-7-5-23(18-27(28)33)26-6-8-29(39)34-31(26)41/h2-5,7,17-18,22,26H,6,8-16,19-21H2,1H3,(H,35,40)(H,34,39,41). The Morgan fingerprint density at radius 3 is 2.50 bits per heavy atom. The van der Waals surface area contributed by atoms with Crippen LogP contribution in [0, 0.1) is 17.2 Å². The van der Waals surface area contributed by atoms with Gasteiger partial charge in [-0.1, -0.05) is 12.1 Å². The highest BCUT2D eigenvalue weighted by Crippen LogP contribution is 2.40. The van der Waals surface area contributed by atoms with Crippen molar-refractivity contribution in [1.82, 2.24) is 20.7 Å². The van der Waals surface area contributed by atoms with E-state index in [-0.39, 0.29) is 30.0 Å². The second-order valence-corrected chi connectivity index (χ2v) is 12.5. The maximum atomic E-state index is 15.1. The summed E-state index contributed by atoms with van der Waals surface area (Å²) < 4.78 is 20.3. The van der Waals surface area contributed by atoms with Crippen molar-refractivity contribution in [3.05, 3.63) is 59.4 Å². The highest BCUT2D eigenvalue weighted by atomic mass is 19.1. The maximum Gasteiger partial charge on any atom is 0.265 e. The first-order valence-corrected chi connectivity index (χ1v) is 15.1. The minimum absolute atomic E-state index is 0.0994. The molecule has 0 bridgehead atoms. The summed E-state index contributed by atoms with van der Waals surface area (Å²) in [6, 6.07) is 12.3. The summed E-state index contributed by atoms with van der Waals surface area (Å²) in [4.78, 5) is 41.0. The average Bonchev–Trinajstić information content (AvgIpc) is 2.98. The van der Waals surface area contributed by atoms with E-state index in [0.29, 0.717) is 40.3 Å². The fourth-order valence-electron chi connectivity index (χ4n) is 7.07.